The number of ether oxygens (including phenoxy) is 1. The van der Waals surface area contributed by atoms with Crippen molar-refractivity contribution in [3.05, 3.63) is 29.3 Å². The lowest BCUT2D eigenvalue weighted by Gasteiger charge is -2.48. The number of rotatable bonds is 1. The lowest BCUT2D eigenvalue weighted by molar-refractivity contribution is -0.129. The second-order valence-electron chi connectivity index (χ2n) is 7.50. The molecule has 0 saturated heterocycles. The van der Waals surface area contributed by atoms with E-state index < -0.39 is 0 Å². The number of benzene rings is 1. The summed E-state index contributed by atoms with van der Waals surface area (Å²) in [4.78, 5) is 12.5. The molecule has 0 aliphatic heterocycles. The molecule has 0 spiro atoms. The predicted octanol–water partition coefficient (Wildman–Crippen LogP) is 4.34. The third-order valence-corrected chi connectivity index (χ3v) is 7.01. The van der Waals surface area contributed by atoms with Crippen LogP contribution in [0, 0.1) is 17.3 Å². The quantitative estimate of drug-likeness (QED) is 0.720. The van der Waals surface area contributed by atoms with E-state index in [0.717, 1.165) is 31.4 Å². The van der Waals surface area contributed by atoms with Crippen molar-refractivity contribution in [1.82, 2.24) is 0 Å². The molecule has 1 aromatic carbocycles. The van der Waals surface area contributed by atoms with E-state index in [9.17, 15) is 4.79 Å². The first-order chi connectivity index (χ1) is 10.5. The number of methoxy groups -OCH3 is 1. The highest BCUT2D eigenvalue weighted by atomic mass is 35.5. The van der Waals surface area contributed by atoms with Gasteiger partial charge in [0, 0.05) is 5.41 Å². The molecule has 5 atom stereocenters. The molecule has 3 aliphatic carbocycles. The Balaban J connectivity index is 1.70. The summed E-state index contributed by atoms with van der Waals surface area (Å²) >= 11 is 6.33. The molecule has 0 aromatic heterocycles. The van der Waals surface area contributed by atoms with E-state index in [0.29, 0.717) is 23.5 Å². The molecule has 2 nitrogen and oxygen atoms in total. The Morgan fingerprint density at radius 1 is 1.32 bits per heavy atom. The molecule has 0 heterocycles. The third kappa shape index (κ3) is 1.89. The number of carbonyl (C=O) groups is 1. The topological polar surface area (TPSA) is 26.3 Å². The summed E-state index contributed by atoms with van der Waals surface area (Å²) < 4.78 is 5.37. The van der Waals surface area contributed by atoms with Crippen molar-refractivity contribution in [3.8, 4) is 5.75 Å². The van der Waals surface area contributed by atoms with E-state index in [1.807, 2.05) is 0 Å². The normalized spacial score (nSPS) is 39.9. The van der Waals surface area contributed by atoms with E-state index in [1.165, 1.54) is 17.5 Å². The maximum absolute atomic E-state index is 12.5. The van der Waals surface area contributed by atoms with Gasteiger partial charge in [-0.15, -0.1) is 11.6 Å². The van der Waals surface area contributed by atoms with Crippen molar-refractivity contribution in [2.75, 3.05) is 7.11 Å². The number of alkyl halides is 1. The van der Waals surface area contributed by atoms with E-state index >= 15 is 0 Å². The average Bonchev–Trinajstić information content (AvgIpc) is 2.77. The smallest absolute Gasteiger partial charge is 0.156 e. The predicted molar refractivity (Wildman–Crippen MR) is 87.6 cm³/mol. The fourth-order valence-corrected chi connectivity index (χ4v) is 5.88. The minimum Gasteiger partial charge on any atom is -0.497 e. The Kier molecular flexibility index (Phi) is 3.30. The van der Waals surface area contributed by atoms with Crippen LogP contribution in [-0.4, -0.2) is 18.3 Å². The number of ketones is 1. The van der Waals surface area contributed by atoms with Gasteiger partial charge in [-0.2, -0.15) is 0 Å². The van der Waals surface area contributed by atoms with Crippen molar-refractivity contribution >= 4 is 17.4 Å². The summed E-state index contributed by atoms with van der Waals surface area (Å²) in [6.45, 7) is 2.17. The maximum Gasteiger partial charge on any atom is 0.156 e. The monoisotopic (exact) mass is 318 g/mol. The van der Waals surface area contributed by atoms with Crippen LogP contribution in [0.2, 0.25) is 0 Å². The van der Waals surface area contributed by atoms with E-state index in [2.05, 4.69) is 25.1 Å². The van der Waals surface area contributed by atoms with Crippen molar-refractivity contribution in [2.45, 2.75) is 50.3 Å². The van der Waals surface area contributed by atoms with Gasteiger partial charge in [0.1, 0.15) is 5.75 Å². The number of halogens is 1. The summed E-state index contributed by atoms with van der Waals surface area (Å²) in [6, 6.07) is 6.53. The molecular weight excluding hydrogens is 296 g/mol. The maximum atomic E-state index is 12.5. The van der Waals surface area contributed by atoms with Gasteiger partial charge in [0.05, 0.1) is 12.5 Å². The van der Waals surface area contributed by atoms with Crippen LogP contribution in [-0.2, 0) is 11.2 Å². The van der Waals surface area contributed by atoms with E-state index in [4.69, 9.17) is 16.3 Å². The third-order valence-electron chi connectivity index (χ3n) is 6.63. The number of hydrogen-bond acceptors (Lipinski definition) is 2. The highest BCUT2D eigenvalue weighted by Crippen LogP contribution is 2.60. The summed E-state index contributed by atoms with van der Waals surface area (Å²) in [5.74, 6) is 2.94. The highest BCUT2D eigenvalue weighted by molar-refractivity contribution is 6.32. The molecule has 2 saturated carbocycles. The molecular formula is C19H23ClO2. The lowest BCUT2D eigenvalue weighted by atomic mass is 9.55. The second-order valence-corrected chi connectivity index (χ2v) is 8.03. The molecule has 22 heavy (non-hydrogen) atoms. The van der Waals surface area contributed by atoms with Crippen molar-refractivity contribution < 1.29 is 9.53 Å². The van der Waals surface area contributed by atoms with Crippen LogP contribution in [0.1, 0.15) is 49.7 Å². The molecule has 4 rings (SSSR count). The molecule has 0 bridgehead atoms. The first-order valence-corrected chi connectivity index (χ1v) is 8.83. The summed E-state index contributed by atoms with van der Waals surface area (Å²) in [6.07, 6.45) is 5.27. The molecule has 0 amide bonds. The zero-order chi connectivity index (χ0) is 15.5. The molecule has 3 aliphatic rings. The highest BCUT2D eigenvalue weighted by Gasteiger charge is 2.57. The fourth-order valence-electron chi connectivity index (χ4n) is 5.43. The Labute approximate surface area is 137 Å². The van der Waals surface area contributed by atoms with Gasteiger partial charge in [0.2, 0.25) is 0 Å². The van der Waals surface area contributed by atoms with Gasteiger partial charge in [-0.25, -0.2) is 0 Å². The zero-order valence-corrected chi connectivity index (χ0v) is 14.0. The molecule has 0 radical (unpaired) electrons. The van der Waals surface area contributed by atoms with Crippen LogP contribution in [0.3, 0.4) is 0 Å². The van der Waals surface area contributed by atoms with Crippen LogP contribution in [0.5, 0.6) is 5.75 Å². The van der Waals surface area contributed by atoms with Crippen LogP contribution < -0.4 is 4.74 Å². The molecule has 118 valence electrons. The van der Waals surface area contributed by atoms with E-state index in [-0.39, 0.29) is 10.8 Å². The van der Waals surface area contributed by atoms with Gasteiger partial charge in [0.25, 0.3) is 0 Å². The second kappa shape index (κ2) is 4.99. The van der Waals surface area contributed by atoms with Gasteiger partial charge in [-0.1, -0.05) is 13.0 Å². The van der Waals surface area contributed by atoms with Gasteiger partial charge in [-0.3, -0.25) is 4.79 Å². The SMILES string of the molecule is COc1ccc2c(c1)CCC1C2CCC2(C)C(=O)C(Cl)CC12. The number of fused-ring (bicyclic) bond motifs is 5. The molecule has 5 unspecified atom stereocenters. The standard InChI is InChI=1S/C19H23ClO2/c1-19-8-7-14-13-6-4-12(22-2)9-11(13)3-5-15(14)16(19)10-17(20)18(19)21/h4,6,9,14-17H,3,5,7-8,10H2,1-2H3. The van der Waals surface area contributed by atoms with Crippen LogP contribution in [0.15, 0.2) is 18.2 Å². The minimum atomic E-state index is -0.258. The summed E-state index contributed by atoms with van der Waals surface area (Å²) in [7, 11) is 1.73. The van der Waals surface area contributed by atoms with E-state index in [1.54, 1.807) is 7.11 Å². The number of aryl methyl sites for hydroxylation is 1. The average molecular weight is 319 g/mol. The molecule has 2 fully saturated rings. The molecule has 1 aromatic rings. The number of carbonyl (C=O) groups excluding carboxylic acids is 1. The largest absolute Gasteiger partial charge is 0.497 e. The van der Waals surface area contributed by atoms with Crippen LogP contribution in [0.25, 0.3) is 0 Å². The Hall–Kier alpha value is -1.02. The van der Waals surface area contributed by atoms with Crippen LogP contribution >= 0.6 is 11.6 Å². The zero-order valence-electron chi connectivity index (χ0n) is 13.3. The summed E-state index contributed by atoms with van der Waals surface area (Å²) in [5, 5.41) is -0.258. The van der Waals surface area contributed by atoms with Crippen molar-refractivity contribution in [3.63, 3.8) is 0 Å². The fraction of sp³-hybridized carbons (Fsp3) is 0.632. The van der Waals surface area contributed by atoms with Gasteiger partial charge < -0.3 is 4.74 Å². The minimum absolute atomic E-state index is 0.169. The number of Topliss-reactive ketones (excluding diaryl/α,β-unsaturated/α-hetero) is 1. The lowest BCUT2D eigenvalue weighted by Crippen LogP contribution is -2.42. The Morgan fingerprint density at radius 2 is 2.14 bits per heavy atom. The van der Waals surface area contributed by atoms with Gasteiger partial charge >= 0.3 is 0 Å². The first kappa shape index (κ1) is 14.6. The van der Waals surface area contributed by atoms with Crippen LogP contribution in [0.4, 0.5) is 0 Å². The molecule has 0 N–H and O–H groups in total. The molecule has 3 heteroatoms. The van der Waals surface area contributed by atoms with Gasteiger partial charge in [-0.05, 0) is 73.1 Å². The van der Waals surface area contributed by atoms with Crippen molar-refractivity contribution in [2.24, 2.45) is 17.3 Å². The Morgan fingerprint density at radius 3 is 2.91 bits per heavy atom. The number of hydrogen-bond donors (Lipinski definition) is 0. The van der Waals surface area contributed by atoms with Crippen molar-refractivity contribution in [1.29, 1.82) is 0 Å². The first-order valence-electron chi connectivity index (χ1n) is 8.40. The Bertz CT molecular complexity index is 626. The van der Waals surface area contributed by atoms with Gasteiger partial charge in [0.15, 0.2) is 5.78 Å². The summed E-state index contributed by atoms with van der Waals surface area (Å²) in [5.41, 5.74) is 2.76.